The molecule has 2 N–H and O–H groups in total. The lowest BCUT2D eigenvalue weighted by Crippen LogP contribution is -2.28. The van der Waals surface area contributed by atoms with Crippen LogP contribution < -0.4 is 10.6 Å². The molecule has 1 aromatic carbocycles. The zero-order valence-corrected chi connectivity index (χ0v) is 15.8. The van der Waals surface area contributed by atoms with Gasteiger partial charge in [-0.2, -0.15) is 0 Å². The maximum Gasteiger partial charge on any atom is 0.234 e. The highest BCUT2D eigenvalue weighted by Crippen LogP contribution is 2.23. The van der Waals surface area contributed by atoms with Crippen molar-refractivity contribution in [3.05, 3.63) is 40.9 Å². The molecule has 0 aliphatic rings. The fraction of sp³-hybridized carbons (Fsp3) is 0.353. The lowest BCUT2D eigenvalue weighted by molar-refractivity contribution is -0.120. The predicted octanol–water partition coefficient (Wildman–Crippen LogP) is 2.49. The number of nitrogens with one attached hydrogen (secondary N) is 2. The molecule has 2 rings (SSSR count). The molecule has 2 amide bonds. The quantitative estimate of drug-likeness (QED) is 0.517. The van der Waals surface area contributed by atoms with Crippen LogP contribution in [-0.2, 0) is 20.7 Å². The number of ether oxygens (including phenoxy) is 1. The van der Waals surface area contributed by atoms with Crippen LogP contribution in [0.4, 0.5) is 5.69 Å². The van der Waals surface area contributed by atoms with E-state index in [0.29, 0.717) is 18.8 Å². The molecule has 134 valence electrons. The largest absolute Gasteiger partial charge is 0.383 e. The zero-order chi connectivity index (χ0) is 18.1. The number of hydrogen-bond donors (Lipinski definition) is 2. The summed E-state index contributed by atoms with van der Waals surface area (Å²) in [6.45, 7) is 2.97. The van der Waals surface area contributed by atoms with Gasteiger partial charge in [0.25, 0.3) is 0 Å². The molecule has 1 aromatic heterocycles. The molecule has 0 spiro atoms. The highest BCUT2D eigenvalue weighted by Gasteiger charge is 2.10. The zero-order valence-electron chi connectivity index (χ0n) is 14.2. The molecule has 0 saturated heterocycles. The number of hydrogen-bond acceptors (Lipinski definition) is 6. The van der Waals surface area contributed by atoms with Crippen molar-refractivity contribution in [1.82, 2.24) is 10.3 Å². The predicted molar refractivity (Wildman–Crippen MR) is 101 cm³/mol. The molecule has 0 bridgehead atoms. The summed E-state index contributed by atoms with van der Waals surface area (Å²) in [7, 11) is 1.59. The Morgan fingerprint density at radius 2 is 2.00 bits per heavy atom. The van der Waals surface area contributed by atoms with Gasteiger partial charge in [-0.25, -0.2) is 4.98 Å². The second-order valence-electron chi connectivity index (χ2n) is 5.33. The first kappa shape index (κ1) is 19.4. The summed E-state index contributed by atoms with van der Waals surface area (Å²) in [4.78, 5) is 28.1. The highest BCUT2D eigenvalue weighted by molar-refractivity contribution is 8.01. The fourth-order valence-corrected chi connectivity index (χ4v) is 3.56. The topological polar surface area (TPSA) is 80.3 Å². The van der Waals surface area contributed by atoms with E-state index in [4.69, 9.17) is 4.74 Å². The van der Waals surface area contributed by atoms with Crippen LogP contribution in [0.2, 0.25) is 0 Å². The molecule has 0 aliphatic heterocycles. The van der Waals surface area contributed by atoms with Gasteiger partial charge in [0.1, 0.15) is 0 Å². The minimum absolute atomic E-state index is 0.0806. The van der Waals surface area contributed by atoms with Gasteiger partial charge in [-0.3, -0.25) is 9.59 Å². The SMILES string of the molecule is COCCNC(=O)Cc1csc(SCC(=O)Nc2ccc(C)cc2)n1. The van der Waals surface area contributed by atoms with Crippen molar-refractivity contribution >= 4 is 40.6 Å². The number of methoxy groups -OCH3 is 1. The average Bonchev–Trinajstić information content (AvgIpc) is 3.03. The van der Waals surface area contributed by atoms with E-state index in [1.54, 1.807) is 7.11 Å². The number of carbonyl (C=O) groups is 2. The van der Waals surface area contributed by atoms with Crippen molar-refractivity contribution in [1.29, 1.82) is 0 Å². The molecule has 8 heteroatoms. The Morgan fingerprint density at radius 3 is 2.72 bits per heavy atom. The molecule has 0 saturated carbocycles. The van der Waals surface area contributed by atoms with E-state index in [-0.39, 0.29) is 24.0 Å². The number of aromatic nitrogens is 1. The average molecular weight is 380 g/mol. The van der Waals surface area contributed by atoms with Crippen molar-refractivity contribution in [2.24, 2.45) is 0 Å². The molecule has 0 aliphatic carbocycles. The number of benzene rings is 1. The van der Waals surface area contributed by atoms with Crippen LogP contribution in [0.15, 0.2) is 34.0 Å². The number of thioether (sulfide) groups is 1. The summed E-state index contributed by atoms with van der Waals surface area (Å²) in [5.74, 6) is 0.111. The van der Waals surface area contributed by atoms with Crippen molar-refractivity contribution in [2.75, 3.05) is 31.3 Å². The first-order chi connectivity index (χ1) is 12.1. The summed E-state index contributed by atoms with van der Waals surface area (Å²) in [6, 6.07) is 7.66. The van der Waals surface area contributed by atoms with Crippen LogP contribution in [0.1, 0.15) is 11.3 Å². The summed E-state index contributed by atoms with van der Waals surface area (Å²) in [5, 5.41) is 7.44. The van der Waals surface area contributed by atoms with Gasteiger partial charge >= 0.3 is 0 Å². The van der Waals surface area contributed by atoms with Gasteiger partial charge < -0.3 is 15.4 Å². The third-order valence-corrected chi connectivity index (χ3v) is 5.23. The van der Waals surface area contributed by atoms with Crippen LogP contribution in [0.3, 0.4) is 0 Å². The lowest BCUT2D eigenvalue weighted by atomic mass is 10.2. The van der Waals surface area contributed by atoms with E-state index in [9.17, 15) is 9.59 Å². The molecule has 0 atom stereocenters. The van der Waals surface area contributed by atoms with Gasteiger partial charge in [-0.15, -0.1) is 11.3 Å². The van der Waals surface area contributed by atoms with Gasteiger partial charge in [-0.05, 0) is 19.1 Å². The third kappa shape index (κ3) is 7.25. The van der Waals surface area contributed by atoms with Crippen LogP contribution >= 0.6 is 23.1 Å². The van der Waals surface area contributed by atoms with E-state index in [1.807, 2.05) is 36.6 Å². The minimum atomic E-state index is -0.0870. The number of rotatable bonds is 9. The van der Waals surface area contributed by atoms with Crippen molar-refractivity contribution in [2.45, 2.75) is 17.7 Å². The molecule has 0 fully saturated rings. The Morgan fingerprint density at radius 1 is 1.24 bits per heavy atom. The summed E-state index contributed by atoms with van der Waals surface area (Å²) in [5.41, 5.74) is 2.64. The normalized spacial score (nSPS) is 10.5. The molecule has 0 radical (unpaired) electrons. The summed E-state index contributed by atoms with van der Waals surface area (Å²) >= 11 is 2.80. The van der Waals surface area contributed by atoms with E-state index in [2.05, 4.69) is 15.6 Å². The summed E-state index contributed by atoms with van der Waals surface area (Å²) in [6.07, 6.45) is 0.232. The molecule has 6 nitrogen and oxygen atoms in total. The van der Waals surface area contributed by atoms with E-state index in [1.165, 1.54) is 23.1 Å². The standard InChI is InChI=1S/C17H21N3O3S2/c1-12-3-5-13(6-4-12)19-16(22)11-25-17-20-14(10-24-17)9-15(21)18-7-8-23-2/h3-6,10H,7-9,11H2,1-2H3,(H,18,21)(H,19,22). The highest BCUT2D eigenvalue weighted by atomic mass is 32.2. The molecule has 0 unspecified atom stereocenters. The number of thiazole rings is 1. The smallest absolute Gasteiger partial charge is 0.234 e. The minimum Gasteiger partial charge on any atom is -0.383 e. The first-order valence-corrected chi connectivity index (χ1v) is 9.62. The Balaban J connectivity index is 1.74. The van der Waals surface area contributed by atoms with Crippen molar-refractivity contribution < 1.29 is 14.3 Å². The Kier molecular flexibility index (Phi) is 7.90. The van der Waals surface area contributed by atoms with Crippen LogP contribution in [-0.4, -0.2) is 42.8 Å². The maximum absolute atomic E-state index is 12.0. The molecule has 2 aromatic rings. The Bertz CT molecular complexity index is 701. The Labute approximate surface area is 155 Å². The number of aryl methyl sites for hydroxylation is 1. The number of nitrogens with zero attached hydrogens (tertiary/aromatic N) is 1. The van der Waals surface area contributed by atoms with Crippen LogP contribution in [0, 0.1) is 6.92 Å². The van der Waals surface area contributed by atoms with E-state index in [0.717, 1.165) is 15.6 Å². The van der Waals surface area contributed by atoms with Crippen LogP contribution in [0.25, 0.3) is 0 Å². The second-order valence-corrected chi connectivity index (χ2v) is 7.41. The Hall–Kier alpha value is -1.90. The van der Waals surface area contributed by atoms with Gasteiger partial charge in [0.15, 0.2) is 4.34 Å². The number of amides is 2. The van der Waals surface area contributed by atoms with Crippen LogP contribution in [0.5, 0.6) is 0 Å². The maximum atomic E-state index is 12.0. The van der Waals surface area contributed by atoms with Gasteiger partial charge in [0, 0.05) is 24.7 Å². The molecular formula is C17H21N3O3S2. The van der Waals surface area contributed by atoms with E-state index >= 15 is 0 Å². The van der Waals surface area contributed by atoms with Gasteiger partial charge in [0.2, 0.25) is 11.8 Å². The number of carbonyl (C=O) groups excluding carboxylic acids is 2. The number of anilines is 1. The van der Waals surface area contributed by atoms with Gasteiger partial charge in [0.05, 0.1) is 24.5 Å². The molecule has 25 heavy (non-hydrogen) atoms. The fourth-order valence-electron chi connectivity index (χ4n) is 1.92. The molecule has 1 heterocycles. The third-order valence-electron chi connectivity index (χ3n) is 3.16. The lowest BCUT2D eigenvalue weighted by Gasteiger charge is -2.04. The van der Waals surface area contributed by atoms with E-state index < -0.39 is 0 Å². The monoisotopic (exact) mass is 379 g/mol. The van der Waals surface area contributed by atoms with Crippen molar-refractivity contribution in [3.8, 4) is 0 Å². The molecular weight excluding hydrogens is 358 g/mol. The van der Waals surface area contributed by atoms with Gasteiger partial charge in [-0.1, -0.05) is 29.5 Å². The second kappa shape index (κ2) is 10.2. The first-order valence-electron chi connectivity index (χ1n) is 7.76. The van der Waals surface area contributed by atoms with Crippen molar-refractivity contribution in [3.63, 3.8) is 0 Å². The summed E-state index contributed by atoms with van der Waals surface area (Å²) < 4.78 is 5.66.